The number of fused-ring (bicyclic) bond motifs is 1. The lowest BCUT2D eigenvalue weighted by Crippen LogP contribution is -2.27. The van der Waals surface area contributed by atoms with Gasteiger partial charge in [0, 0.05) is 34.6 Å². The lowest BCUT2D eigenvalue weighted by Gasteiger charge is -2.10. The predicted molar refractivity (Wildman–Crippen MR) is 120 cm³/mol. The number of hydrogen-bond acceptors (Lipinski definition) is 5. The summed E-state index contributed by atoms with van der Waals surface area (Å²) in [6.07, 6.45) is 0.508. The SMILES string of the molecule is CC1CSc2ccc(S(=O)(=O)CCC(=O)NCCc3ccc(Cl)cc3)cc2NC1=O. The molecule has 160 valence electrons. The van der Waals surface area contributed by atoms with E-state index in [-0.39, 0.29) is 34.8 Å². The van der Waals surface area contributed by atoms with E-state index in [9.17, 15) is 18.0 Å². The zero-order valence-electron chi connectivity index (χ0n) is 16.5. The molecule has 2 amide bonds. The van der Waals surface area contributed by atoms with Crippen LogP contribution in [0, 0.1) is 5.92 Å². The highest BCUT2D eigenvalue weighted by atomic mass is 35.5. The molecule has 2 N–H and O–H groups in total. The largest absolute Gasteiger partial charge is 0.356 e. The number of amides is 2. The molecule has 0 spiro atoms. The molecular formula is C21H23ClN2O4S2. The number of anilines is 1. The molecule has 0 saturated carbocycles. The Balaban J connectivity index is 1.54. The van der Waals surface area contributed by atoms with Crippen LogP contribution in [0.15, 0.2) is 52.3 Å². The third-order valence-corrected chi connectivity index (χ3v) is 8.05. The van der Waals surface area contributed by atoms with E-state index in [4.69, 9.17) is 11.6 Å². The summed E-state index contributed by atoms with van der Waals surface area (Å²) in [5.41, 5.74) is 1.54. The number of carbonyl (C=O) groups excluding carboxylic acids is 2. The Morgan fingerprint density at radius 2 is 1.97 bits per heavy atom. The van der Waals surface area contributed by atoms with Crippen molar-refractivity contribution >= 4 is 50.7 Å². The topological polar surface area (TPSA) is 92.3 Å². The average Bonchev–Trinajstić information content (AvgIpc) is 2.86. The summed E-state index contributed by atoms with van der Waals surface area (Å²) in [5, 5.41) is 6.18. The summed E-state index contributed by atoms with van der Waals surface area (Å²) in [6.45, 7) is 2.25. The van der Waals surface area contributed by atoms with E-state index >= 15 is 0 Å². The number of nitrogens with one attached hydrogen (secondary N) is 2. The minimum Gasteiger partial charge on any atom is -0.356 e. The van der Waals surface area contributed by atoms with Gasteiger partial charge in [-0.3, -0.25) is 9.59 Å². The van der Waals surface area contributed by atoms with E-state index in [1.807, 2.05) is 19.1 Å². The average molecular weight is 467 g/mol. The summed E-state index contributed by atoms with van der Waals surface area (Å²) in [4.78, 5) is 25.0. The first-order valence-electron chi connectivity index (χ1n) is 9.56. The second kappa shape index (κ2) is 9.85. The van der Waals surface area contributed by atoms with Crippen LogP contribution in [-0.2, 0) is 25.8 Å². The zero-order chi connectivity index (χ0) is 21.7. The van der Waals surface area contributed by atoms with Crippen molar-refractivity contribution in [2.45, 2.75) is 29.6 Å². The standard InChI is InChI=1S/C21H23ClN2O4S2/c1-14-13-29-19-7-6-17(12-18(19)24-21(14)26)30(27,28)11-9-20(25)23-10-8-15-2-4-16(22)5-3-15/h2-7,12,14H,8-11,13H2,1H3,(H,23,25)(H,24,26). The molecule has 3 rings (SSSR count). The van der Waals surface area contributed by atoms with Crippen LogP contribution in [0.3, 0.4) is 0 Å². The molecule has 0 bridgehead atoms. The highest BCUT2D eigenvalue weighted by molar-refractivity contribution is 7.99. The van der Waals surface area contributed by atoms with Crippen LogP contribution in [-0.4, -0.2) is 38.3 Å². The molecule has 0 aromatic heterocycles. The minimum atomic E-state index is -3.65. The summed E-state index contributed by atoms with van der Waals surface area (Å²) < 4.78 is 25.3. The van der Waals surface area contributed by atoms with Crippen molar-refractivity contribution in [3.8, 4) is 0 Å². The lowest BCUT2D eigenvalue weighted by molar-refractivity contribution is -0.120. The number of benzene rings is 2. The third-order valence-electron chi connectivity index (χ3n) is 4.75. The van der Waals surface area contributed by atoms with Gasteiger partial charge >= 0.3 is 0 Å². The molecule has 30 heavy (non-hydrogen) atoms. The maximum absolute atomic E-state index is 12.7. The molecule has 2 aromatic carbocycles. The van der Waals surface area contributed by atoms with Gasteiger partial charge in [-0.05, 0) is 42.3 Å². The summed E-state index contributed by atoms with van der Waals surface area (Å²) >= 11 is 7.36. The summed E-state index contributed by atoms with van der Waals surface area (Å²) in [6, 6.07) is 12.1. The number of carbonyl (C=O) groups is 2. The zero-order valence-corrected chi connectivity index (χ0v) is 18.9. The quantitative estimate of drug-likeness (QED) is 0.651. The lowest BCUT2D eigenvalue weighted by atomic mass is 10.1. The van der Waals surface area contributed by atoms with Gasteiger partial charge in [0.25, 0.3) is 0 Å². The molecule has 0 aliphatic carbocycles. The van der Waals surface area contributed by atoms with Gasteiger partial charge in [-0.1, -0.05) is 30.7 Å². The van der Waals surface area contributed by atoms with Crippen LogP contribution < -0.4 is 10.6 Å². The molecule has 1 heterocycles. The Kier molecular flexibility index (Phi) is 7.44. The van der Waals surface area contributed by atoms with Crippen molar-refractivity contribution in [1.82, 2.24) is 5.32 Å². The fraction of sp³-hybridized carbons (Fsp3) is 0.333. The van der Waals surface area contributed by atoms with Crippen molar-refractivity contribution in [3.05, 3.63) is 53.1 Å². The van der Waals surface area contributed by atoms with Crippen LogP contribution in [0.5, 0.6) is 0 Å². The van der Waals surface area contributed by atoms with E-state index in [2.05, 4.69) is 10.6 Å². The van der Waals surface area contributed by atoms with Crippen LogP contribution in [0.4, 0.5) is 5.69 Å². The molecule has 0 fully saturated rings. The first kappa shape index (κ1) is 22.7. The summed E-state index contributed by atoms with van der Waals surface area (Å²) in [7, 11) is -3.65. The number of sulfone groups is 1. The van der Waals surface area contributed by atoms with Gasteiger partial charge < -0.3 is 10.6 Å². The van der Waals surface area contributed by atoms with E-state index in [0.29, 0.717) is 29.4 Å². The molecule has 1 aliphatic rings. The smallest absolute Gasteiger partial charge is 0.228 e. The van der Waals surface area contributed by atoms with E-state index in [1.54, 1.807) is 18.2 Å². The second-order valence-corrected chi connectivity index (χ2v) is 10.8. The molecule has 2 aromatic rings. The fourth-order valence-electron chi connectivity index (χ4n) is 2.90. The molecule has 0 radical (unpaired) electrons. The van der Waals surface area contributed by atoms with Gasteiger partial charge in [0.05, 0.1) is 16.3 Å². The molecule has 1 atom stereocenters. The number of halogens is 1. The van der Waals surface area contributed by atoms with Gasteiger partial charge in [0.15, 0.2) is 9.84 Å². The Bertz CT molecular complexity index is 1040. The van der Waals surface area contributed by atoms with Crippen molar-refractivity contribution in [3.63, 3.8) is 0 Å². The molecule has 0 saturated heterocycles. The highest BCUT2D eigenvalue weighted by Gasteiger charge is 2.23. The normalized spacial score (nSPS) is 16.3. The number of rotatable bonds is 7. The van der Waals surface area contributed by atoms with Crippen molar-refractivity contribution in [2.75, 3.05) is 23.4 Å². The van der Waals surface area contributed by atoms with Crippen molar-refractivity contribution in [2.24, 2.45) is 5.92 Å². The summed E-state index contributed by atoms with van der Waals surface area (Å²) in [5.74, 6) is -0.258. The first-order chi connectivity index (χ1) is 14.2. The Labute approximate surface area is 185 Å². The molecule has 6 nitrogen and oxygen atoms in total. The number of hydrogen-bond donors (Lipinski definition) is 2. The van der Waals surface area contributed by atoms with Crippen molar-refractivity contribution < 1.29 is 18.0 Å². The Morgan fingerprint density at radius 1 is 1.23 bits per heavy atom. The van der Waals surface area contributed by atoms with Crippen molar-refractivity contribution in [1.29, 1.82) is 0 Å². The van der Waals surface area contributed by atoms with E-state index in [1.165, 1.54) is 23.9 Å². The maximum atomic E-state index is 12.7. The molecular weight excluding hydrogens is 444 g/mol. The molecule has 9 heteroatoms. The molecule has 1 unspecified atom stereocenters. The van der Waals surface area contributed by atoms with Crippen LogP contribution in [0.1, 0.15) is 18.9 Å². The van der Waals surface area contributed by atoms with Crippen LogP contribution in [0.2, 0.25) is 5.02 Å². The Hall–Kier alpha value is -2.03. The Morgan fingerprint density at radius 3 is 2.70 bits per heavy atom. The second-order valence-electron chi connectivity index (χ2n) is 7.15. The van der Waals surface area contributed by atoms with Crippen LogP contribution >= 0.6 is 23.4 Å². The van der Waals surface area contributed by atoms with E-state index < -0.39 is 9.84 Å². The highest BCUT2D eigenvalue weighted by Crippen LogP contribution is 2.34. The predicted octanol–water partition coefficient (Wildman–Crippen LogP) is 3.54. The maximum Gasteiger partial charge on any atom is 0.228 e. The van der Waals surface area contributed by atoms with Gasteiger partial charge in [0.2, 0.25) is 11.8 Å². The minimum absolute atomic E-state index is 0.102. The fourth-order valence-corrected chi connectivity index (χ4v) is 5.30. The van der Waals surface area contributed by atoms with E-state index in [0.717, 1.165) is 10.5 Å². The van der Waals surface area contributed by atoms with Gasteiger partial charge in [-0.25, -0.2) is 8.42 Å². The van der Waals surface area contributed by atoms with Gasteiger partial charge in [-0.15, -0.1) is 11.8 Å². The van der Waals surface area contributed by atoms with Gasteiger partial charge in [0.1, 0.15) is 0 Å². The monoisotopic (exact) mass is 466 g/mol. The first-order valence-corrected chi connectivity index (χ1v) is 12.6. The molecule has 1 aliphatic heterocycles. The third kappa shape index (κ3) is 6.00. The van der Waals surface area contributed by atoms with Gasteiger partial charge in [-0.2, -0.15) is 0 Å². The number of thioether (sulfide) groups is 1. The van der Waals surface area contributed by atoms with Crippen LogP contribution in [0.25, 0.3) is 0 Å².